The Bertz CT molecular complexity index is 236. The maximum atomic E-state index is 12.1. The summed E-state index contributed by atoms with van der Waals surface area (Å²) in [4.78, 5) is 12.1. The third-order valence-corrected chi connectivity index (χ3v) is 5.00. The van der Waals surface area contributed by atoms with Crippen LogP contribution in [0.5, 0.6) is 0 Å². The molecule has 1 heterocycles. The topological polar surface area (TPSA) is 26.3 Å². The lowest BCUT2D eigenvalue weighted by atomic mass is 9.78. The summed E-state index contributed by atoms with van der Waals surface area (Å²) in [6.07, 6.45) is 9.95. The van der Waals surface area contributed by atoms with Gasteiger partial charge in [0.1, 0.15) is 6.10 Å². The van der Waals surface area contributed by atoms with Gasteiger partial charge in [-0.2, -0.15) is 0 Å². The van der Waals surface area contributed by atoms with Crippen LogP contribution in [0.3, 0.4) is 0 Å². The Labute approximate surface area is 112 Å². The van der Waals surface area contributed by atoms with Gasteiger partial charge in [-0.1, -0.05) is 41.9 Å². The van der Waals surface area contributed by atoms with Crippen LogP contribution in [0.4, 0.5) is 0 Å². The second kappa shape index (κ2) is 6.22. The van der Waals surface area contributed by atoms with E-state index in [4.69, 9.17) is 4.74 Å². The second-order valence-corrected chi connectivity index (χ2v) is 6.03. The van der Waals surface area contributed by atoms with E-state index in [1.165, 1.54) is 38.5 Å². The fourth-order valence-corrected chi connectivity index (χ4v) is 3.69. The van der Waals surface area contributed by atoms with E-state index in [0.717, 1.165) is 17.3 Å². The summed E-state index contributed by atoms with van der Waals surface area (Å²) in [5.74, 6) is 0.938. The second-order valence-electron chi connectivity index (χ2n) is 5.15. The van der Waals surface area contributed by atoms with Crippen molar-refractivity contribution in [3.8, 4) is 0 Å². The van der Waals surface area contributed by atoms with E-state index in [9.17, 15) is 4.79 Å². The molecule has 0 N–H and O–H groups in total. The molecule has 2 atom stereocenters. The van der Waals surface area contributed by atoms with Gasteiger partial charge < -0.3 is 4.74 Å². The molecule has 1 saturated heterocycles. The zero-order chi connectivity index (χ0) is 11.4. The van der Waals surface area contributed by atoms with Crippen molar-refractivity contribution in [1.29, 1.82) is 0 Å². The van der Waals surface area contributed by atoms with Gasteiger partial charge in [-0.25, -0.2) is 0 Å². The normalized spacial score (nSPS) is 33.2. The average Bonchev–Trinajstić information content (AvgIpc) is 2.52. The van der Waals surface area contributed by atoms with Crippen LogP contribution < -0.4 is 0 Å². The molecule has 0 aromatic carbocycles. The summed E-state index contributed by atoms with van der Waals surface area (Å²) in [5, 5.41) is 0. The zero-order valence-electron chi connectivity index (χ0n) is 9.79. The molecule has 0 aromatic rings. The summed E-state index contributed by atoms with van der Waals surface area (Å²) < 4.78 is 6.53. The van der Waals surface area contributed by atoms with E-state index in [2.05, 4.69) is 22.6 Å². The maximum Gasteiger partial charge on any atom is 0.309 e. The number of hydrogen-bond acceptors (Lipinski definition) is 2. The molecule has 0 amide bonds. The maximum absolute atomic E-state index is 12.1. The third kappa shape index (κ3) is 3.11. The Morgan fingerprint density at radius 2 is 1.81 bits per heavy atom. The molecule has 0 unspecified atom stereocenters. The van der Waals surface area contributed by atoms with Gasteiger partial charge in [-0.05, 0) is 38.0 Å². The van der Waals surface area contributed by atoms with Crippen LogP contribution in [-0.4, -0.2) is 16.5 Å². The van der Waals surface area contributed by atoms with Crippen LogP contribution in [0.1, 0.15) is 51.4 Å². The van der Waals surface area contributed by atoms with Gasteiger partial charge in [0.05, 0.1) is 5.92 Å². The number of carbonyl (C=O) groups excluding carboxylic acids is 1. The van der Waals surface area contributed by atoms with Gasteiger partial charge in [0.2, 0.25) is 0 Å². The van der Waals surface area contributed by atoms with Crippen LogP contribution in [0.15, 0.2) is 0 Å². The highest BCUT2D eigenvalue weighted by atomic mass is 127. The van der Waals surface area contributed by atoms with Gasteiger partial charge in [0, 0.05) is 4.43 Å². The van der Waals surface area contributed by atoms with Gasteiger partial charge in [0.15, 0.2) is 0 Å². The monoisotopic (exact) mass is 336 g/mol. The van der Waals surface area contributed by atoms with Crippen molar-refractivity contribution in [3.05, 3.63) is 0 Å². The van der Waals surface area contributed by atoms with Crippen LogP contribution in [-0.2, 0) is 9.53 Å². The van der Waals surface area contributed by atoms with E-state index in [0.29, 0.717) is 5.92 Å². The lowest BCUT2D eigenvalue weighted by Crippen LogP contribution is -2.28. The average molecular weight is 336 g/mol. The fraction of sp³-hybridized carbons (Fsp3) is 0.923. The Morgan fingerprint density at radius 1 is 1.06 bits per heavy atom. The Morgan fingerprint density at radius 3 is 2.50 bits per heavy atom. The lowest BCUT2D eigenvalue weighted by molar-refractivity contribution is -0.153. The summed E-state index contributed by atoms with van der Waals surface area (Å²) >= 11 is 2.32. The predicted molar refractivity (Wildman–Crippen MR) is 72.7 cm³/mol. The largest absolute Gasteiger partial charge is 0.461 e. The molecule has 3 heteroatoms. The number of hydrogen-bond donors (Lipinski definition) is 0. The first-order valence-electron chi connectivity index (χ1n) is 6.57. The predicted octanol–water partition coefficient (Wildman–Crippen LogP) is 3.71. The lowest BCUT2D eigenvalue weighted by Gasteiger charge is -2.27. The van der Waals surface area contributed by atoms with Crippen molar-refractivity contribution >= 4 is 28.6 Å². The van der Waals surface area contributed by atoms with Gasteiger partial charge >= 0.3 is 5.97 Å². The summed E-state index contributed by atoms with van der Waals surface area (Å²) in [5.41, 5.74) is 0. The summed E-state index contributed by atoms with van der Waals surface area (Å²) in [6.45, 7) is 0. The first kappa shape index (κ1) is 12.7. The Kier molecular flexibility index (Phi) is 4.92. The number of cyclic esters (lactones) is 1. The minimum atomic E-state index is 0.103. The molecule has 2 nitrogen and oxygen atoms in total. The minimum absolute atomic E-state index is 0.103. The SMILES string of the molecule is O=C1O[C@H](CI)CCC[C@@H]1C1CCCCC1. The molecule has 92 valence electrons. The molecule has 2 fully saturated rings. The molecule has 1 saturated carbocycles. The summed E-state index contributed by atoms with van der Waals surface area (Å²) in [7, 11) is 0. The van der Waals surface area contributed by atoms with E-state index >= 15 is 0 Å². The number of rotatable bonds is 2. The molecule has 2 aliphatic rings. The Hall–Kier alpha value is 0.200. The van der Waals surface area contributed by atoms with Crippen molar-refractivity contribution < 1.29 is 9.53 Å². The molecular weight excluding hydrogens is 315 g/mol. The quantitative estimate of drug-likeness (QED) is 0.437. The molecule has 0 radical (unpaired) electrons. The first-order chi connectivity index (χ1) is 7.81. The number of halogens is 1. The van der Waals surface area contributed by atoms with Crippen LogP contribution >= 0.6 is 22.6 Å². The summed E-state index contributed by atoms with van der Waals surface area (Å²) in [6, 6.07) is 0. The van der Waals surface area contributed by atoms with E-state index in [1.807, 2.05) is 0 Å². The van der Waals surface area contributed by atoms with Crippen molar-refractivity contribution in [2.45, 2.75) is 57.5 Å². The van der Waals surface area contributed by atoms with E-state index in [-0.39, 0.29) is 18.0 Å². The number of carbonyl (C=O) groups is 1. The standard InChI is InChI=1S/C13H21IO2/c14-9-11-7-4-8-12(13(15)16-11)10-5-2-1-3-6-10/h10-12H,1-9H2/t11-,12+/m0/s1. The zero-order valence-corrected chi connectivity index (χ0v) is 11.9. The highest BCUT2D eigenvalue weighted by molar-refractivity contribution is 14.1. The molecular formula is C13H21IO2. The highest BCUT2D eigenvalue weighted by Crippen LogP contribution is 2.35. The molecule has 16 heavy (non-hydrogen) atoms. The number of alkyl halides is 1. The molecule has 1 aliphatic carbocycles. The molecule has 0 bridgehead atoms. The smallest absolute Gasteiger partial charge is 0.309 e. The first-order valence-corrected chi connectivity index (χ1v) is 8.10. The van der Waals surface area contributed by atoms with Gasteiger partial charge in [-0.15, -0.1) is 0 Å². The van der Waals surface area contributed by atoms with Crippen LogP contribution in [0, 0.1) is 11.8 Å². The van der Waals surface area contributed by atoms with Crippen LogP contribution in [0.2, 0.25) is 0 Å². The Balaban J connectivity index is 1.95. The van der Waals surface area contributed by atoms with E-state index < -0.39 is 0 Å². The van der Waals surface area contributed by atoms with Crippen LogP contribution in [0.25, 0.3) is 0 Å². The van der Waals surface area contributed by atoms with Crippen molar-refractivity contribution in [1.82, 2.24) is 0 Å². The third-order valence-electron chi connectivity index (χ3n) is 4.02. The van der Waals surface area contributed by atoms with Gasteiger partial charge in [0.25, 0.3) is 0 Å². The van der Waals surface area contributed by atoms with Crippen molar-refractivity contribution in [3.63, 3.8) is 0 Å². The molecule has 2 rings (SSSR count). The minimum Gasteiger partial charge on any atom is -0.461 e. The number of esters is 1. The van der Waals surface area contributed by atoms with Crippen molar-refractivity contribution in [2.75, 3.05) is 4.43 Å². The van der Waals surface area contributed by atoms with Gasteiger partial charge in [-0.3, -0.25) is 4.79 Å². The highest BCUT2D eigenvalue weighted by Gasteiger charge is 2.33. The van der Waals surface area contributed by atoms with E-state index in [1.54, 1.807) is 0 Å². The molecule has 0 aromatic heterocycles. The van der Waals surface area contributed by atoms with Crippen molar-refractivity contribution in [2.24, 2.45) is 11.8 Å². The fourth-order valence-electron chi connectivity index (χ4n) is 3.07. The molecule has 1 aliphatic heterocycles. The molecule has 0 spiro atoms. The number of ether oxygens (including phenoxy) is 1.